The topological polar surface area (TPSA) is 73.9 Å². The summed E-state index contributed by atoms with van der Waals surface area (Å²) in [4.78, 5) is 28.5. The summed E-state index contributed by atoms with van der Waals surface area (Å²) in [6.07, 6.45) is 2.55. The van der Waals surface area contributed by atoms with Gasteiger partial charge in [-0.3, -0.25) is 14.5 Å². The van der Waals surface area contributed by atoms with E-state index in [9.17, 15) is 9.59 Å². The van der Waals surface area contributed by atoms with Crippen LogP contribution in [-0.2, 0) is 16.0 Å². The van der Waals surface area contributed by atoms with Gasteiger partial charge in [0.05, 0.1) is 30.7 Å². The van der Waals surface area contributed by atoms with Gasteiger partial charge in [-0.2, -0.15) is 0 Å². The molecule has 2 saturated heterocycles. The van der Waals surface area contributed by atoms with E-state index in [0.29, 0.717) is 26.2 Å². The molecule has 0 bridgehead atoms. The van der Waals surface area contributed by atoms with Crippen LogP contribution in [0.25, 0.3) is 0 Å². The molecule has 4 rings (SSSR count). The van der Waals surface area contributed by atoms with Crippen molar-refractivity contribution in [1.82, 2.24) is 15.6 Å². The normalized spacial score (nSPS) is 23.0. The smallest absolute Gasteiger partial charge is 0.247 e. The summed E-state index contributed by atoms with van der Waals surface area (Å²) in [7, 11) is 1.64. The van der Waals surface area contributed by atoms with Crippen LogP contribution in [0.2, 0.25) is 0 Å². The second kappa shape index (κ2) is 9.97. The number of piperidine rings is 1. The van der Waals surface area contributed by atoms with Crippen molar-refractivity contribution < 1.29 is 14.3 Å². The van der Waals surface area contributed by atoms with E-state index >= 15 is 0 Å². The first-order valence-corrected chi connectivity index (χ1v) is 11.0. The van der Waals surface area contributed by atoms with Crippen molar-refractivity contribution in [2.75, 3.05) is 38.3 Å². The van der Waals surface area contributed by atoms with Gasteiger partial charge in [0.15, 0.2) is 0 Å². The van der Waals surface area contributed by atoms with Gasteiger partial charge in [-0.05, 0) is 36.2 Å². The lowest BCUT2D eigenvalue weighted by Gasteiger charge is -2.37. The predicted molar refractivity (Wildman–Crippen MR) is 124 cm³/mol. The van der Waals surface area contributed by atoms with E-state index in [-0.39, 0.29) is 29.7 Å². The summed E-state index contributed by atoms with van der Waals surface area (Å²) in [5.74, 6) is 0.181. The number of fused-ring (bicyclic) bond motifs is 1. The molecule has 2 amide bonds. The zero-order valence-corrected chi connectivity index (χ0v) is 18.4. The molecule has 7 nitrogen and oxygen atoms in total. The van der Waals surface area contributed by atoms with Crippen LogP contribution >= 0.6 is 0 Å². The van der Waals surface area contributed by atoms with Gasteiger partial charge in [0, 0.05) is 26.2 Å². The zero-order valence-electron chi connectivity index (χ0n) is 18.4. The number of rotatable bonds is 8. The number of hydrazine groups is 1. The fraction of sp³-hybridized carbons (Fsp3) is 0.360. The van der Waals surface area contributed by atoms with Crippen molar-refractivity contribution in [1.29, 1.82) is 0 Å². The molecule has 2 aliphatic heterocycles. The zero-order chi connectivity index (χ0) is 22.5. The number of para-hydroxylation sites is 1. The average molecular weight is 435 g/mol. The molecule has 2 N–H and O–H groups in total. The highest BCUT2D eigenvalue weighted by atomic mass is 16.5. The lowest BCUT2D eigenvalue weighted by Crippen LogP contribution is -2.57. The third kappa shape index (κ3) is 4.69. The molecule has 7 heteroatoms. The van der Waals surface area contributed by atoms with Crippen molar-refractivity contribution in [3.8, 4) is 5.75 Å². The number of methoxy groups -OCH3 is 1. The molecule has 3 unspecified atom stereocenters. The minimum Gasteiger partial charge on any atom is -0.497 e. The Balaban J connectivity index is 1.43. The SMILES string of the molecule is C=CCN1CC(C(=O)NCCc2ccc(OC)cc2)C2NN(c3ccccc3)C(=O)C2C1. The van der Waals surface area contributed by atoms with Gasteiger partial charge in [0.1, 0.15) is 5.75 Å². The van der Waals surface area contributed by atoms with E-state index < -0.39 is 0 Å². The van der Waals surface area contributed by atoms with E-state index in [2.05, 4.69) is 22.2 Å². The molecule has 32 heavy (non-hydrogen) atoms. The molecule has 3 atom stereocenters. The average Bonchev–Trinajstić information content (AvgIpc) is 3.16. The van der Waals surface area contributed by atoms with Crippen molar-refractivity contribution >= 4 is 17.5 Å². The number of ether oxygens (including phenoxy) is 1. The van der Waals surface area contributed by atoms with Gasteiger partial charge in [-0.1, -0.05) is 36.4 Å². The maximum Gasteiger partial charge on any atom is 0.247 e. The summed E-state index contributed by atoms with van der Waals surface area (Å²) in [6.45, 7) is 6.21. The second-order valence-corrected chi connectivity index (χ2v) is 8.27. The van der Waals surface area contributed by atoms with Crippen LogP contribution in [0, 0.1) is 11.8 Å². The highest BCUT2D eigenvalue weighted by Gasteiger charge is 2.50. The minimum atomic E-state index is -0.331. The van der Waals surface area contributed by atoms with Gasteiger partial charge in [-0.15, -0.1) is 6.58 Å². The molecule has 0 saturated carbocycles. The standard InChI is InChI=1S/C25H30N4O3/c1-3-15-28-16-21(24(30)26-14-13-18-9-11-20(32-2)12-10-18)23-22(17-28)25(31)29(27-23)19-7-5-4-6-8-19/h3-12,21-23,27H,1,13-17H2,2H3,(H,26,30). The molecule has 2 aromatic rings. The summed E-state index contributed by atoms with van der Waals surface area (Å²) in [5, 5.41) is 4.68. The van der Waals surface area contributed by atoms with E-state index in [1.807, 2.05) is 60.7 Å². The number of nitrogens with one attached hydrogen (secondary N) is 2. The fourth-order valence-corrected chi connectivity index (χ4v) is 4.54. The quantitative estimate of drug-likeness (QED) is 0.622. The van der Waals surface area contributed by atoms with Crippen molar-refractivity contribution in [2.45, 2.75) is 12.5 Å². The Kier molecular flexibility index (Phi) is 6.87. The number of carbonyl (C=O) groups excluding carboxylic acids is 2. The molecular formula is C25H30N4O3. The number of amides is 2. The van der Waals surface area contributed by atoms with Crippen LogP contribution < -0.4 is 20.5 Å². The van der Waals surface area contributed by atoms with E-state index in [1.54, 1.807) is 12.1 Å². The molecule has 168 valence electrons. The Morgan fingerprint density at radius 2 is 1.94 bits per heavy atom. The molecule has 0 spiro atoms. The van der Waals surface area contributed by atoms with Gasteiger partial charge in [0.2, 0.25) is 11.8 Å². The van der Waals surface area contributed by atoms with Gasteiger partial charge in [-0.25, -0.2) is 10.4 Å². The lowest BCUT2D eigenvalue weighted by molar-refractivity contribution is -0.129. The first-order valence-electron chi connectivity index (χ1n) is 11.0. The van der Waals surface area contributed by atoms with Crippen LogP contribution in [0.5, 0.6) is 5.75 Å². The molecule has 0 aliphatic carbocycles. The van der Waals surface area contributed by atoms with Crippen LogP contribution in [-0.4, -0.2) is 56.0 Å². The van der Waals surface area contributed by atoms with Crippen LogP contribution in [0.15, 0.2) is 67.3 Å². The third-order valence-electron chi connectivity index (χ3n) is 6.20. The maximum atomic E-state index is 13.2. The summed E-state index contributed by atoms with van der Waals surface area (Å²) < 4.78 is 5.19. The van der Waals surface area contributed by atoms with E-state index in [0.717, 1.165) is 23.4 Å². The number of benzene rings is 2. The summed E-state index contributed by atoms with van der Waals surface area (Å²) in [5.41, 5.74) is 5.25. The Hall–Kier alpha value is -3.16. The largest absolute Gasteiger partial charge is 0.497 e. The highest BCUT2D eigenvalue weighted by Crippen LogP contribution is 2.31. The Bertz CT molecular complexity index is 947. The molecule has 0 aromatic heterocycles. The number of likely N-dealkylation sites (tertiary alicyclic amines) is 1. The van der Waals surface area contributed by atoms with Crippen molar-refractivity contribution in [3.63, 3.8) is 0 Å². The first-order chi connectivity index (χ1) is 15.6. The number of hydrogen-bond donors (Lipinski definition) is 2. The number of nitrogens with zero attached hydrogens (tertiary/aromatic N) is 2. The molecule has 2 aliphatic rings. The second-order valence-electron chi connectivity index (χ2n) is 8.27. The van der Waals surface area contributed by atoms with Crippen LogP contribution in [0.1, 0.15) is 5.56 Å². The van der Waals surface area contributed by atoms with Gasteiger partial charge in [0.25, 0.3) is 0 Å². The molecule has 2 heterocycles. The fourth-order valence-electron chi connectivity index (χ4n) is 4.54. The Morgan fingerprint density at radius 3 is 2.62 bits per heavy atom. The molecule has 0 radical (unpaired) electrons. The molecule has 2 aromatic carbocycles. The van der Waals surface area contributed by atoms with Gasteiger partial charge >= 0.3 is 0 Å². The number of carbonyl (C=O) groups is 2. The lowest BCUT2D eigenvalue weighted by atomic mass is 9.84. The maximum absolute atomic E-state index is 13.2. The van der Waals surface area contributed by atoms with Crippen molar-refractivity contribution in [3.05, 3.63) is 72.8 Å². The predicted octanol–water partition coefficient (Wildman–Crippen LogP) is 2.01. The van der Waals surface area contributed by atoms with Gasteiger partial charge < -0.3 is 10.1 Å². The Morgan fingerprint density at radius 1 is 1.19 bits per heavy atom. The molecule has 2 fully saturated rings. The third-order valence-corrected chi connectivity index (χ3v) is 6.20. The number of hydrogen-bond acceptors (Lipinski definition) is 5. The summed E-state index contributed by atoms with van der Waals surface area (Å²) in [6, 6.07) is 17.1. The van der Waals surface area contributed by atoms with Crippen LogP contribution in [0.4, 0.5) is 5.69 Å². The van der Waals surface area contributed by atoms with Crippen LogP contribution in [0.3, 0.4) is 0 Å². The monoisotopic (exact) mass is 434 g/mol. The summed E-state index contributed by atoms with van der Waals surface area (Å²) >= 11 is 0. The Labute approximate surface area is 189 Å². The molecular weight excluding hydrogens is 404 g/mol. The number of anilines is 1. The highest BCUT2D eigenvalue weighted by molar-refractivity contribution is 5.98. The minimum absolute atomic E-state index is 0.00555. The first kappa shape index (κ1) is 22.0. The van der Waals surface area contributed by atoms with E-state index in [1.165, 1.54) is 0 Å². The van der Waals surface area contributed by atoms with Crippen molar-refractivity contribution in [2.24, 2.45) is 11.8 Å². The van der Waals surface area contributed by atoms with E-state index in [4.69, 9.17) is 4.74 Å².